The molecule has 0 unspecified atom stereocenters. The Balaban J connectivity index is 1.50. The topological polar surface area (TPSA) is 69.7 Å². The van der Waals surface area contributed by atoms with Gasteiger partial charge in [-0.05, 0) is 23.8 Å². The molecule has 6 nitrogen and oxygen atoms in total. The van der Waals surface area contributed by atoms with Crippen LogP contribution < -0.4 is 5.32 Å². The van der Waals surface area contributed by atoms with E-state index in [2.05, 4.69) is 5.32 Å². The van der Waals surface area contributed by atoms with Crippen molar-refractivity contribution in [3.8, 4) is 0 Å². The number of benzene rings is 2. The number of hydrogen-bond acceptors (Lipinski definition) is 4. The zero-order valence-electron chi connectivity index (χ0n) is 15.1. The molecule has 0 aromatic heterocycles. The van der Waals surface area contributed by atoms with Gasteiger partial charge in [0.25, 0.3) is 0 Å². The maximum absolute atomic E-state index is 12.6. The highest BCUT2D eigenvalue weighted by Crippen LogP contribution is 2.22. The highest BCUT2D eigenvalue weighted by Gasteiger charge is 2.27. The molecule has 0 bridgehead atoms. The van der Waals surface area contributed by atoms with Crippen molar-refractivity contribution in [3.05, 3.63) is 64.1 Å². The number of hydrogen-bond donors (Lipinski definition) is 1. The number of carbonyl (C=O) groups excluding carboxylic acids is 1. The maximum atomic E-state index is 12.6. The van der Waals surface area contributed by atoms with Gasteiger partial charge in [0.1, 0.15) is 0 Å². The highest BCUT2D eigenvalue weighted by molar-refractivity contribution is 7.88. The molecule has 0 atom stereocenters. The molecule has 1 aliphatic rings. The lowest BCUT2D eigenvalue weighted by Gasteiger charge is -2.33. The Bertz CT molecular complexity index is 910. The van der Waals surface area contributed by atoms with Crippen molar-refractivity contribution in [1.82, 2.24) is 9.21 Å². The molecule has 9 heteroatoms. The SMILES string of the molecule is O=C(CN1CCN(S(=O)(=O)Cc2ccccc2)CC1)Nc1cc(Cl)cc(Cl)c1. The smallest absolute Gasteiger partial charge is 0.238 e. The predicted octanol–water partition coefficient (Wildman–Crippen LogP) is 3.08. The van der Waals surface area contributed by atoms with Gasteiger partial charge in [-0.25, -0.2) is 8.42 Å². The minimum atomic E-state index is -3.37. The number of anilines is 1. The van der Waals surface area contributed by atoms with Crippen molar-refractivity contribution in [1.29, 1.82) is 0 Å². The van der Waals surface area contributed by atoms with Gasteiger partial charge in [0.05, 0.1) is 12.3 Å². The van der Waals surface area contributed by atoms with Gasteiger partial charge in [-0.15, -0.1) is 0 Å². The van der Waals surface area contributed by atoms with Crippen LogP contribution in [0.3, 0.4) is 0 Å². The van der Waals surface area contributed by atoms with Crippen LogP contribution in [0.4, 0.5) is 5.69 Å². The molecule has 1 aliphatic heterocycles. The molecule has 1 N–H and O–H groups in total. The summed E-state index contributed by atoms with van der Waals surface area (Å²) in [4.78, 5) is 14.2. The van der Waals surface area contributed by atoms with E-state index in [1.807, 2.05) is 23.1 Å². The number of piperazine rings is 1. The average Bonchev–Trinajstić information content (AvgIpc) is 2.61. The number of halogens is 2. The molecule has 3 rings (SSSR count). The number of sulfonamides is 1. The zero-order valence-corrected chi connectivity index (χ0v) is 17.5. The normalized spacial score (nSPS) is 16.1. The summed E-state index contributed by atoms with van der Waals surface area (Å²) in [7, 11) is -3.37. The Morgan fingerprint density at radius 1 is 0.964 bits per heavy atom. The van der Waals surface area contributed by atoms with Gasteiger partial charge in [0.15, 0.2) is 0 Å². The van der Waals surface area contributed by atoms with Gasteiger partial charge in [0, 0.05) is 41.9 Å². The van der Waals surface area contributed by atoms with E-state index >= 15 is 0 Å². The summed E-state index contributed by atoms with van der Waals surface area (Å²) < 4.78 is 26.7. The Hall–Kier alpha value is -1.64. The predicted molar refractivity (Wildman–Crippen MR) is 112 cm³/mol. The Morgan fingerprint density at radius 3 is 2.18 bits per heavy atom. The molecule has 0 aliphatic carbocycles. The Morgan fingerprint density at radius 2 is 1.57 bits per heavy atom. The standard InChI is InChI=1S/C19H21Cl2N3O3S/c20-16-10-17(21)12-18(11-16)22-19(25)13-23-6-8-24(9-7-23)28(26,27)14-15-4-2-1-3-5-15/h1-5,10-12H,6-9,13-14H2,(H,22,25). The van der Waals surface area contributed by atoms with Crippen LogP contribution in [0.2, 0.25) is 10.0 Å². The second-order valence-corrected chi connectivity index (χ2v) is 9.47. The molecule has 2 aromatic carbocycles. The van der Waals surface area contributed by atoms with Gasteiger partial charge < -0.3 is 5.32 Å². The summed E-state index contributed by atoms with van der Waals surface area (Å²) >= 11 is 11.9. The second-order valence-electron chi connectivity index (χ2n) is 6.62. The van der Waals surface area contributed by atoms with E-state index in [9.17, 15) is 13.2 Å². The van der Waals surface area contributed by atoms with E-state index in [1.54, 1.807) is 30.3 Å². The first-order valence-electron chi connectivity index (χ1n) is 8.82. The molecule has 0 saturated carbocycles. The fraction of sp³-hybridized carbons (Fsp3) is 0.316. The van der Waals surface area contributed by atoms with Gasteiger partial charge in [0.2, 0.25) is 15.9 Å². The van der Waals surface area contributed by atoms with E-state index in [0.29, 0.717) is 41.9 Å². The number of rotatable bonds is 6. The van der Waals surface area contributed by atoms with Crippen molar-refractivity contribution in [2.24, 2.45) is 0 Å². The molecule has 0 radical (unpaired) electrons. The summed E-state index contributed by atoms with van der Waals surface area (Å²) in [5, 5.41) is 3.65. The number of amides is 1. The highest BCUT2D eigenvalue weighted by atomic mass is 35.5. The third-order valence-electron chi connectivity index (χ3n) is 4.43. The maximum Gasteiger partial charge on any atom is 0.238 e. The molecule has 1 amide bonds. The van der Waals surface area contributed by atoms with Crippen LogP contribution >= 0.6 is 23.2 Å². The quantitative estimate of drug-likeness (QED) is 0.747. The van der Waals surface area contributed by atoms with Crippen LogP contribution in [0.1, 0.15) is 5.56 Å². The van der Waals surface area contributed by atoms with E-state index in [-0.39, 0.29) is 18.2 Å². The largest absolute Gasteiger partial charge is 0.325 e. The number of carbonyl (C=O) groups is 1. The minimum Gasteiger partial charge on any atom is -0.325 e. The first-order chi connectivity index (χ1) is 13.3. The van der Waals surface area contributed by atoms with Crippen molar-refractivity contribution in [3.63, 3.8) is 0 Å². The third kappa shape index (κ3) is 5.93. The molecule has 1 heterocycles. The molecule has 2 aromatic rings. The van der Waals surface area contributed by atoms with Crippen LogP contribution in [-0.2, 0) is 20.6 Å². The summed E-state index contributed by atoms with van der Waals surface area (Å²) in [5.41, 5.74) is 1.30. The van der Waals surface area contributed by atoms with Gasteiger partial charge >= 0.3 is 0 Å². The molecular formula is C19H21Cl2N3O3S. The summed E-state index contributed by atoms with van der Waals surface area (Å²) in [6.07, 6.45) is 0. The van der Waals surface area contributed by atoms with Crippen LogP contribution in [-0.4, -0.2) is 56.3 Å². The molecule has 1 fully saturated rings. The van der Waals surface area contributed by atoms with E-state index in [4.69, 9.17) is 23.2 Å². The van der Waals surface area contributed by atoms with Crippen molar-refractivity contribution >= 4 is 44.8 Å². The summed E-state index contributed by atoms with van der Waals surface area (Å²) in [6.45, 7) is 1.91. The first-order valence-corrected chi connectivity index (χ1v) is 11.2. The fourth-order valence-electron chi connectivity index (χ4n) is 3.07. The fourth-order valence-corrected chi connectivity index (χ4v) is 5.11. The monoisotopic (exact) mass is 441 g/mol. The lowest BCUT2D eigenvalue weighted by atomic mass is 10.2. The average molecular weight is 442 g/mol. The van der Waals surface area contributed by atoms with Crippen LogP contribution in [0.25, 0.3) is 0 Å². The van der Waals surface area contributed by atoms with Crippen molar-refractivity contribution in [2.45, 2.75) is 5.75 Å². The minimum absolute atomic E-state index is 0.0101. The zero-order chi connectivity index (χ0) is 20.1. The lowest BCUT2D eigenvalue weighted by molar-refractivity contribution is -0.117. The van der Waals surface area contributed by atoms with Gasteiger partial charge in [-0.2, -0.15) is 4.31 Å². The lowest BCUT2D eigenvalue weighted by Crippen LogP contribution is -2.50. The van der Waals surface area contributed by atoms with E-state index in [0.717, 1.165) is 5.56 Å². The summed E-state index contributed by atoms with van der Waals surface area (Å²) in [6, 6.07) is 14.0. The van der Waals surface area contributed by atoms with Crippen LogP contribution in [0, 0.1) is 0 Å². The molecular weight excluding hydrogens is 421 g/mol. The molecule has 1 saturated heterocycles. The molecule has 28 heavy (non-hydrogen) atoms. The van der Waals surface area contributed by atoms with Crippen molar-refractivity contribution < 1.29 is 13.2 Å². The van der Waals surface area contributed by atoms with Crippen molar-refractivity contribution in [2.75, 3.05) is 38.0 Å². The van der Waals surface area contributed by atoms with E-state index < -0.39 is 10.0 Å². The number of nitrogens with one attached hydrogen (secondary N) is 1. The number of nitrogens with zero attached hydrogens (tertiary/aromatic N) is 2. The second kappa shape index (κ2) is 9.24. The summed E-state index contributed by atoms with van der Waals surface area (Å²) in [5.74, 6) is -0.206. The third-order valence-corrected chi connectivity index (χ3v) is 6.72. The van der Waals surface area contributed by atoms with Gasteiger partial charge in [-0.1, -0.05) is 53.5 Å². The Kier molecular flexibility index (Phi) is 6.95. The molecule has 0 spiro atoms. The van der Waals surface area contributed by atoms with E-state index in [1.165, 1.54) is 4.31 Å². The Labute approximate surface area is 175 Å². The van der Waals surface area contributed by atoms with Crippen LogP contribution in [0.5, 0.6) is 0 Å². The van der Waals surface area contributed by atoms with Crippen LogP contribution in [0.15, 0.2) is 48.5 Å². The first kappa shape index (κ1) is 21.1. The van der Waals surface area contributed by atoms with Gasteiger partial charge in [-0.3, -0.25) is 9.69 Å². The molecule has 150 valence electrons.